The molecule has 3 aromatic heterocycles. The summed E-state index contributed by atoms with van der Waals surface area (Å²) in [5, 5.41) is 4.54. The summed E-state index contributed by atoms with van der Waals surface area (Å²) in [5.41, 5.74) is 1.99. The number of thiophene rings is 1. The van der Waals surface area contributed by atoms with Crippen LogP contribution in [0, 0.1) is 0 Å². The van der Waals surface area contributed by atoms with Gasteiger partial charge in [-0.05, 0) is 30.7 Å². The summed E-state index contributed by atoms with van der Waals surface area (Å²) in [6, 6.07) is 14.1. The topological polar surface area (TPSA) is 59.9 Å². The zero-order valence-corrected chi connectivity index (χ0v) is 16.1. The first-order valence-corrected chi connectivity index (χ1v) is 9.66. The Morgan fingerprint density at radius 2 is 2.00 bits per heavy atom. The van der Waals surface area contributed by atoms with Crippen molar-refractivity contribution in [3.63, 3.8) is 0 Å². The number of benzene rings is 1. The van der Waals surface area contributed by atoms with Gasteiger partial charge in [0, 0.05) is 34.9 Å². The third-order valence-electron chi connectivity index (χ3n) is 4.35. The Morgan fingerprint density at radius 3 is 2.78 bits per heavy atom. The van der Waals surface area contributed by atoms with E-state index in [0.717, 1.165) is 39.3 Å². The highest BCUT2D eigenvalue weighted by Gasteiger charge is 2.13. The van der Waals surface area contributed by atoms with Crippen molar-refractivity contribution in [1.29, 1.82) is 0 Å². The molecule has 3 heterocycles. The summed E-state index contributed by atoms with van der Waals surface area (Å²) in [6.45, 7) is 2.78. The van der Waals surface area contributed by atoms with Gasteiger partial charge in [-0.1, -0.05) is 25.1 Å². The minimum atomic E-state index is 0.625. The van der Waals surface area contributed by atoms with Crippen molar-refractivity contribution in [3.8, 4) is 17.1 Å². The number of anilines is 1. The van der Waals surface area contributed by atoms with E-state index in [2.05, 4.69) is 29.4 Å². The molecule has 0 spiro atoms. The summed E-state index contributed by atoms with van der Waals surface area (Å²) < 4.78 is 5.46. The molecule has 0 saturated heterocycles. The molecule has 5 nitrogen and oxygen atoms in total. The smallest absolute Gasteiger partial charge is 0.164 e. The minimum Gasteiger partial charge on any atom is -0.496 e. The standard InChI is InChI=1S/C21H20N4OS/c1-3-16-11-17-20(23-13-14-7-4-5-9-18(14)26-2)24-19(25-21(17)27-16)15-8-6-10-22-12-15/h4-12H,3,13H2,1-2H3,(H,23,24,25). The van der Waals surface area contributed by atoms with E-state index in [0.29, 0.717) is 12.4 Å². The number of nitrogens with one attached hydrogen (secondary N) is 1. The molecule has 0 fully saturated rings. The highest BCUT2D eigenvalue weighted by molar-refractivity contribution is 7.18. The molecule has 4 aromatic rings. The Kier molecular flexibility index (Phi) is 4.98. The highest BCUT2D eigenvalue weighted by Crippen LogP contribution is 2.32. The van der Waals surface area contributed by atoms with Crippen molar-refractivity contribution in [2.24, 2.45) is 0 Å². The summed E-state index contributed by atoms with van der Waals surface area (Å²) in [6.07, 6.45) is 4.53. The summed E-state index contributed by atoms with van der Waals surface area (Å²) in [5.74, 6) is 2.38. The van der Waals surface area contributed by atoms with Crippen LogP contribution in [0.5, 0.6) is 5.75 Å². The predicted molar refractivity (Wildman–Crippen MR) is 110 cm³/mol. The first-order valence-electron chi connectivity index (χ1n) is 8.85. The van der Waals surface area contributed by atoms with Crippen LogP contribution in [0.4, 0.5) is 5.82 Å². The van der Waals surface area contributed by atoms with E-state index in [1.807, 2.05) is 30.3 Å². The predicted octanol–water partition coefficient (Wildman–Crippen LogP) is 4.94. The van der Waals surface area contributed by atoms with Gasteiger partial charge in [-0.2, -0.15) is 0 Å². The van der Waals surface area contributed by atoms with E-state index in [9.17, 15) is 0 Å². The zero-order valence-electron chi connectivity index (χ0n) is 15.3. The van der Waals surface area contributed by atoms with Crippen LogP contribution >= 0.6 is 11.3 Å². The van der Waals surface area contributed by atoms with Gasteiger partial charge in [-0.15, -0.1) is 11.3 Å². The summed E-state index contributed by atoms with van der Waals surface area (Å²) >= 11 is 1.71. The van der Waals surface area contributed by atoms with Gasteiger partial charge in [0.25, 0.3) is 0 Å². The van der Waals surface area contributed by atoms with Crippen molar-refractivity contribution in [2.75, 3.05) is 12.4 Å². The Bertz CT molecular complexity index is 1060. The third kappa shape index (κ3) is 3.61. The lowest BCUT2D eigenvalue weighted by Gasteiger charge is -2.11. The number of pyridine rings is 1. The van der Waals surface area contributed by atoms with Gasteiger partial charge in [0.15, 0.2) is 5.82 Å². The van der Waals surface area contributed by atoms with Crippen LogP contribution in [0.3, 0.4) is 0 Å². The van der Waals surface area contributed by atoms with E-state index in [-0.39, 0.29) is 0 Å². The fraction of sp³-hybridized carbons (Fsp3) is 0.190. The van der Waals surface area contributed by atoms with Crippen LogP contribution in [0.15, 0.2) is 54.9 Å². The van der Waals surface area contributed by atoms with Crippen LogP contribution < -0.4 is 10.1 Å². The lowest BCUT2D eigenvalue weighted by atomic mass is 10.2. The number of nitrogens with zero attached hydrogens (tertiary/aromatic N) is 3. The van der Waals surface area contributed by atoms with Crippen molar-refractivity contribution in [1.82, 2.24) is 15.0 Å². The van der Waals surface area contributed by atoms with Crippen molar-refractivity contribution < 1.29 is 4.74 Å². The monoisotopic (exact) mass is 376 g/mol. The van der Waals surface area contributed by atoms with Crippen molar-refractivity contribution >= 4 is 27.4 Å². The fourth-order valence-electron chi connectivity index (χ4n) is 2.93. The molecule has 1 aromatic carbocycles. The first-order chi connectivity index (χ1) is 13.3. The van der Waals surface area contributed by atoms with Crippen molar-refractivity contribution in [3.05, 3.63) is 65.3 Å². The third-order valence-corrected chi connectivity index (χ3v) is 5.52. The average Bonchev–Trinajstić information content (AvgIpc) is 3.16. The molecule has 0 atom stereocenters. The molecule has 4 rings (SSSR count). The molecule has 0 aliphatic rings. The van der Waals surface area contributed by atoms with Gasteiger partial charge in [-0.25, -0.2) is 9.97 Å². The number of methoxy groups -OCH3 is 1. The molecule has 0 aliphatic heterocycles. The van der Waals surface area contributed by atoms with E-state index in [1.54, 1.807) is 30.8 Å². The highest BCUT2D eigenvalue weighted by atomic mass is 32.1. The van der Waals surface area contributed by atoms with E-state index < -0.39 is 0 Å². The molecule has 6 heteroatoms. The molecule has 136 valence electrons. The molecule has 0 saturated carbocycles. The second kappa shape index (κ2) is 7.72. The number of fused-ring (bicyclic) bond motifs is 1. The number of rotatable bonds is 6. The zero-order chi connectivity index (χ0) is 18.6. The second-order valence-corrected chi connectivity index (χ2v) is 7.20. The molecule has 1 N–H and O–H groups in total. The van der Waals surface area contributed by atoms with Crippen molar-refractivity contribution in [2.45, 2.75) is 19.9 Å². The number of hydrogen-bond donors (Lipinski definition) is 1. The van der Waals surface area contributed by atoms with Crippen LogP contribution in [0.2, 0.25) is 0 Å². The Hall–Kier alpha value is -2.99. The SMILES string of the molecule is CCc1cc2c(NCc3ccccc3OC)nc(-c3cccnc3)nc2s1. The maximum absolute atomic E-state index is 5.46. The molecular weight excluding hydrogens is 356 g/mol. The quantitative estimate of drug-likeness (QED) is 0.517. The van der Waals surface area contributed by atoms with Gasteiger partial charge in [0.05, 0.1) is 12.5 Å². The van der Waals surface area contributed by atoms with Gasteiger partial charge >= 0.3 is 0 Å². The Morgan fingerprint density at radius 1 is 1.11 bits per heavy atom. The van der Waals surface area contributed by atoms with Crippen LogP contribution in [-0.2, 0) is 13.0 Å². The largest absolute Gasteiger partial charge is 0.496 e. The number of hydrogen-bond acceptors (Lipinski definition) is 6. The summed E-state index contributed by atoms with van der Waals surface area (Å²) in [4.78, 5) is 16.0. The maximum atomic E-state index is 5.46. The molecule has 0 radical (unpaired) electrons. The van der Waals surface area contributed by atoms with E-state index >= 15 is 0 Å². The maximum Gasteiger partial charge on any atom is 0.164 e. The normalized spacial score (nSPS) is 10.9. The van der Waals surface area contributed by atoms with Gasteiger partial charge in [0.2, 0.25) is 0 Å². The van der Waals surface area contributed by atoms with E-state index in [4.69, 9.17) is 14.7 Å². The Balaban J connectivity index is 1.74. The Labute approximate surface area is 162 Å². The molecule has 0 unspecified atom stereocenters. The lowest BCUT2D eigenvalue weighted by Crippen LogP contribution is -2.05. The van der Waals surface area contributed by atoms with Gasteiger partial charge in [0.1, 0.15) is 16.4 Å². The molecule has 0 aliphatic carbocycles. The van der Waals surface area contributed by atoms with Gasteiger partial charge in [-0.3, -0.25) is 4.98 Å². The summed E-state index contributed by atoms with van der Waals surface area (Å²) in [7, 11) is 1.69. The number of aromatic nitrogens is 3. The molecule has 0 amide bonds. The number of para-hydroxylation sites is 1. The van der Waals surface area contributed by atoms with Crippen LogP contribution in [0.1, 0.15) is 17.4 Å². The van der Waals surface area contributed by atoms with E-state index in [1.165, 1.54) is 4.88 Å². The van der Waals surface area contributed by atoms with Crippen LogP contribution in [0.25, 0.3) is 21.6 Å². The fourth-order valence-corrected chi connectivity index (χ4v) is 3.90. The lowest BCUT2D eigenvalue weighted by molar-refractivity contribution is 0.410. The minimum absolute atomic E-state index is 0.625. The average molecular weight is 376 g/mol. The molecule has 27 heavy (non-hydrogen) atoms. The molecular formula is C21H20N4OS. The second-order valence-electron chi connectivity index (χ2n) is 6.09. The number of ether oxygens (including phenoxy) is 1. The van der Waals surface area contributed by atoms with Gasteiger partial charge < -0.3 is 10.1 Å². The van der Waals surface area contributed by atoms with Crippen LogP contribution in [-0.4, -0.2) is 22.1 Å². The first kappa shape index (κ1) is 17.4. The molecule has 0 bridgehead atoms. The number of aryl methyl sites for hydroxylation is 1.